The van der Waals surface area contributed by atoms with Crippen LogP contribution in [0, 0.1) is 0 Å². The Morgan fingerprint density at radius 3 is 2.28 bits per heavy atom. The lowest BCUT2D eigenvalue weighted by Gasteiger charge is -2.09. The summed E-state index contributed by atoms with van der Waals surface area (Å²) in [7, 11) is -3.36. The van der Waals surface area contributed by atoms with Crippen LogP contribution in [-0.4, -0.2) is 25.0 Å². The highest BCUT2D eigenvalue weighted by Crippen LogP contribution is 2.12. The molecule has 0 spiro atoms. The number of anilines is 1. The van der Waals surface area contributed by atoms with Gasteiger partial charge in [-0.1, -0.05) is 15.9 Å². The van der Waals surface area contributed by atoms with Crippen LogP contribution < -0.4 is 10.0 Å². The molecular weight excluding hydrogens is 320 g/mol. The maximum absolute atomic E-state index is 11.7. The second kappa shape index (κ2) is 6.19. The van der Waals surface area contributed by atoms with Gasteiger partial charge in [0.1, 0.15) is 4.66 Å². The summed E-state index contributed by atoms with van der Waals surface area (Å²) < 4.78 is 24.8. The average molecular weight is 335 g/mol. The van der Waals surface area contributed by atoms with Crippen LogP contribution in [0.5, 0.6) is 0 Å². The minimum Gasteiger partial charge on any atom is -0.350 e. The molecule has 18 heavy (non-hydrogen) atoms. The molecule has 2 N–H and O–H groups in total. The van der Waals surface area contributed by atoms with Crippen molar-refractivity contribution in [2.75, 3.05) is 9.38 Å². The number of benzene rings is 1. The van der Waals surface area contributed by atoms with Crippen molar-refractivity contribution in [2.24, 2.45) is 0 Å². The molecule has 0 aliphatic carbocycles. The van der Waals surface area contributed by atoms with Gasteiger partial charge in [0, 0.05) is 17.3 Å². The van der Waals surface area contributed by atoms with Crippen molar-refractivity contribution in [3.63, 3.8) is 0 Å². The summed E-state index contributed by atoms with van der Waals surface area (Å²) in [5, 5.41) is 2.75. The molecule has 0 heterocycles. The molecule has 1 aromatic carbocycles. The highest BCUT2D eigenvalue weighted by Gasteiger charge is 2.09. The fraction of sp³-hybridized carbons (Fsp3) is 0.364. The summed E-state index contributed by atoms with van der Waals surface area (Å²) in [5.74, 6) is -0.181. The number of halogens is 1. The van der Waals surface area contributed by atoms with Crippen LogP contribution in [0.3, 0.4) is 0 Å². The SMILES string of the molecule is CC(C)NC(=O)c1ccc(NS(=O)(=O)CBr)cc1. The topological polar surface area (TPSA) is 75.3 Å². The second-order valence-corrected chi connectivity index (χ2v) is 7.06. The van der Waals surface area contributed by atoms with Gasteiger partial charge in [-0.3, -0.25) is 9.52 Å². The number of amides is 1. The maximum Gasteiger partial charge on any atom is 0.251 e. The molecule has 7 heteroatoms. The molecule has 0 aliphatic rings. The normalized spacial score (nSPS) is 11.3. The van der Waals surface area contributed by atoms with Crippen LogP contribution in [0.4, 0.5) is 5.69 Å². The zero-order valence-electron chi connectivity index (χ0n) is 10.1. The standard InChI is InChI=1S/C11H15BrN2O3S/c1-8(2)13-11(15)9-3-5-10(6-4-9)14-18(16,17)7-12/h3-6,8,14H,7H2,1-2H3,(H,13,15). The first kappa shape index (κ1) is 15.0. The summed E-state index contributed by atoms with van der Waals surface area (Å²) in [6.45, 7) is 3.74. The number of sulfonamides is 1. The maximum atomic E-state index is 11.7. The first-order valence-electron chi connectivity index (χ1n) is 5.31. The van der Waals surface area contributed by atoms with Crippen molar-refractivity contribution >= 4 is 37.5 Å². The van der Waals surface area contributed by atoms with Crippen LogP contribution in [0.15, 0.2) is 24.3 Å². The van der Waals surface area contributed by atoms with E-state index in [2.05, 4.69) is 26.0 Å². The Hall–Kier alpha value is -1.08. The van der Waals surface area contributed by atoms with Gasteiger partial charge >= 0.3 is 0 Å². The van der Waals surface area contributed by atoms with Gasteiger partial charge < -0.3 is 5.32 Å². The Morgan fingerprint density at radius 2 is 1.83 bits per heavy atom. The van der Waals surface area contributed by atoms with E-state index >= 15 is 0 Å². The molecule has 1 amide bonds. The predicted octanol–water partition coefficient (Wildman–Crippen LogP) is 1.92. The van der Waals surface area contributed by atoms with Gasteiger partial charge in [-0.2, -0.15) is 0 Å². The third-order valence-corrected chi connectivity index (χ3v) is 4.63. The molecule has 0 aromatic heterocycles. The fourth-order valence-electron chi connectivity index (χ4n) is 1.24. The number of hydrogen-bond acceptors (Lipinski definition) is 3. The van der Waals surface area contributed by atoms with Gasteiger partial charge in [0.2, 0.25) is 10.0 Å². The average Bonchev–Trinajstić information content (AvgIpc) is 2.28. The number of rotatable bonds is 5. The largest absolute Gasteiger partial charge is 0.350 e. The Kier molecular flexibility index (Phi) is 5.15. The van der Waals surface area contributed by atoms with Crippen molar-refractivity contribution in [1.82, 2.24) is 5.32 Å². The summed E-state index contributed by atoms with van der Waals surface area (Å²) in [4.78, 5) is 11.7. The number of nitrogens with one attached hydrogen (secondary N) is 2. The lowest BCUT2D eigenvalue weighted by atomic mass is 10.2. The van der Waals surface area contributed by atoms with Gasteiger partial charge in [0.05, 0.1) is 0 Å². The van der Waals surface area contributed by atoms with Crippen molar-refractivity contribution in [2.45, 2.75) is 19.9 Å². The monoisotopic (exact) mass is 334 g/mol. The quantitative estimate of drug-likeness (QED) is 0.808. The van der Waals surface area contributed by atoms with E-state index in [1.165, 1.54) is 0 Å². The van der Waals surface area contributed by atoms with Gasteiger partial charge in [-0.25, -0.2) is 8.42 Å². The van der Waals surface area contributed by atoms with Crippen LogP contribution in [0.2, 0.25) is 0 Å². The van der Waals surface area contributed by atoms with Crippen molar-refractivity contribution in [3.8, 4) is 0 Å². The first-order chi connectivity index (χ1) is 8.34. The van der Waals surface area contributed by atoms with Gasteiger partial charge in [0.15, 0.2) is 0 Å². The molecule has 1 rings (SSSR count). The third-order valence-electron chi connectivity index (χ3n) is 1.98. The molecule has 0 unspecified atom stereocenters. The molecular formula is C11H15BrN2O3S. The smallest absolute Gasteiger partial charge is 0.251 e. The van der Waals surface area contributed by atoms with E-state index < -0.39 is 10.0 Å². The fourth-order valence-corrected chi connectivity index (χ4v) is 2.14. The van der Waals surface area contributed by atoms with Crippen molar-refractivity contribution in [1.29, 1.82) is 0 Å². The molecule has 5 nitrogen and oxygen atoms in total. The van der Waals surface area contributed by atoms with E-state index in [-0.39, 0.29) is 16.6 Å². The number of alkyl halides is 1. The molecule has 0 aliphatic heterocycles. The zero-order chi connectivity index (χ0) is 13.8. The summed E-state index contributed by atoms with van der Waals surface area (Å²) in [5.41, 5.74) is 0.918. The number of carbonyl (C=O) groups excluding carboxylic acids is 1. The molecule has 0 radical (unpaired) electrons. The van der Waals surface area contributed by atoms with Crippen molar-refractivity contribution in [3.05, 3.63) is 29.8 Å². The minimum atomic E-state index is -3.36. The Balaban J connectivity index is 2.77. The van der Waals surface area contributed by atoms with Crippen LogP contribution in [-0.2, 0) is 10.0 Å². The van der Waals surface area contributed by atoms with Crippen LogP contribution in [0.1, 0.15) is 24.2 Å². The zero-order valence-corrected chi connectivity index (χ0v) is 12.5. The van der Waals surface area contributed by atoms with E-state index in [1.807, 2.05) is 13.8 Å². The highest BCUT2D eigenvalue weighted by atomic mass is 79.9. The molecule has 0 bridgehead atoms. The van der Waals surface area contributed by atoms with Gasteiger partial charge in [-0.15, -0.1) is 0 Å². The van der Waals surface area contributed by atoms with Crippen molar-refractivity contribution < 1.29 is 13.2 Å². The van der Waals surface area contributed by atoms with E-state index in [9.17, 15) is 13.2 Å². The molecule has 0 saturated carbocycles. The molecule has 0 atom stereocenters. The Labute approximate surface area is 115 Å². The van der Waals surface area contributed by atoms with Gasteiger partial charge in [0.25, 0.3) is 5.91 Å². The highest BCUT2D eigenvalue weighted by molar-refractivity contribution is 9.10. The van der Waals surface area contributed by atoms with E-state index in [0.717, 1.165) is 0 Å². The van der Waals surface area contributed by atoms with E-state index in [4.69, 9.17) is 0 Å². The third kappa shape index (κ3) is 4.66. The molecule has 100 valence electrons. The Morgan fingerprint density at radius 1 is 1.28 bits per heavy atom. The first-order valence-corrected chi connectivity index (χ1v) is 8.09. The second-order valence-electron chi connectivity index (χ2n) is 4.03. The molecule has 0 saturated heterocycles. The lowest BCUT2D eigenvalue weighted by molar-refractivity contribution is 0.0943. The summed E-state index contributed by atoms with van der Waals surface area (Å²) in [6, 6.07) is 6.31. The molecule has 1 aromatic rings. The van der Waals surface area contributed by atoms with E-state index in [0.29, 0.717) is 11.3 Å². The summed E-state index contributed by atoms with van der Waals surface area (Å²) in [6.07, 6.45) is 0. The molecule has 0 fully saturated rings. The summed E-state index contributed by atoms with van der Waals surface area (Å²) >= 11 is 2.88. The number of carbonyl (C=O) groups is 1. The van der Waals surface area contributed by atoms with Crippen LogP contribution in [0.25, 0.3) is 0 Å². The Bertz CT molecular complexity index is 512. The number of hydrogen-bond donors (Lipinski definition) is 2. The van der Waals surface area contributed by atoms with Crippen LogP contribution >= 0.6 is 15.9 Å². The van der Waals surface area contributed by atoms with Gasteiger partial charge in [-0.05, 0) is 38.1 Å². The lowest BCUT2D eigenvalue weighted by Crippen LogP contribution is -2.30. The minimum absolute atomic E-state index is 0.0593. The van der Waals surface area contributed by atoms with E-state index in [1.54, 1.807) is 24.3 Å². The predicted molar refractivity (Wildman–Crippen MR) is 75.4 cm³/mol.